The summed E-state index contributed by atoms with van der Waals surface area (Å²) in [5, 5.41) is 14.4. The Balaban J connectivity index is 1.48. The standard InChI is InChI=1S/C23H28F2N6OS/c1-5-16-17(12-30(4)19(33-26)9-8-14(2)3)20(16)27-22-28-21-18(7-6-10-31(21)29-22)32-13-15-11-23(15,24)25/h5-8,10,12,14-15,20H,11,13,26H2,1-4H3,(H,27,29)/b16-5+,17-12+. The Bertz CT molecular complexity index is 1160. The lowest BCUT2D eigenvalue weighted by molar-refractivity contribution is 0.0857. The second-order valence-electron chi connectivity index (χ2n) is 8.54. The fraction of sp³-hybridized carbons (Fsp3) is 0.435. The smallest absolute Gasteiger partial charge is 0.255 e. The Morgan fingerprint density at radius 2 is 2.24 bits per heavy atom. The quantitative estimate of drug-likeness (QED) is 0.407. The van der Waals surface area contributed by atoms with Crippen LogP contribution < -0.4 is 15.2 Å². The first-order valence-electron chi connectivity index (χ1n) is 10.8. The molecule has 0 aromatic carbocycles. The molecule has 2 saturated carbocycles. The maximum absolute atomic E-state index is 13.2. The second-order valence-corrected chi connectivity index (χ2v) is 9.17. The van der Waals surface area contributed by atoms with Gasteiger partial charge in [-0.15, -0.1) is 5.10 Å². The number of rotatable bonds is 9. The van der Waals surface area contributed by atoms with Crippen LogP contribution in [0.5, 0.6) is 5.75 Å². The van der Waals surface area contributed by atoms with Crippen LogP contribution in [0.4, 0.5) is 14.7 Å². The molecule has 0 aliphatic heterocycles. The third-order valence-corrected chi connectivity index (χ3v) is 6.11. The number of allylic oxidation sites excluding steroid dienone is 2. The van der Waals surface area contributed by atoms with E-state index in [1.807, 2.05) is 37.2 Å². The molecule has 2 fully saturated rings. The number of alkyl halides is 2. The molecule has 2 heterocycles. The van der Waals surface area contributed by atoms with Crippen LogP contribution in [0.15, 0.2) is 58.6 Å². The van der Waals surface area contributed by atoms with E-state index in [2.05, 4.69) is 35.0 Å². The maximum Gasteiger partial charge on any atom is 0.255 e. The molecule has 0 amide bonds. The number of hydrogen-bond donors (Lipinski definition) is 2. The summed E-state index contributed by atoms with van der Waals surface area (Å²) in [6.07, 6.45) is 7.66. The van der Waals surface area contributed by atoms with Gasteiger partial charge in [-0.3, -0.25) is 5.14 Å². The van der Waals surface area contributed by atoms with E-state index in [-0.39, 0.29) is 19.1 Å². The van der Waals surface area contributed by atoms with Crippen LogP contribution in [0.25, 0.3) is 5.65 Å². The highest BCUT2D eigenvalue weighted by atomic mass is 32.2. The highest BCUT2D eigenvalue weighted by Crippen LogP contribution is 2.48. The first-order valence-corrected chi connectivity index (χ1v) is 11.7. The van der Waals surface area contributed by atoms with Crippen LogP contribution in [0.2, 0.25) is 0 Å². The molecular weight excluding hydrogens is 446 g/mol. The van der Waals surface area contributed by atoms with Gasteiger partial charge in [0.2, 0.25) is 5.95 Å². The molecule has 2 aromatic rings. The predicted molar refractivity (Wildman–Crippen MR) is 127 cm³/mol. The molecular formula is C23H28F2N6OS. The maximum atomic E-state index is 13.2. The Labute approximate surface area is 196 Å². The van der Waals surface area contributed by atoms with E-state index in [4.69, 9.17) is 9.88 Å². The molecule has 7 nitrogen and oxygen atoms in total. The van der Waals surface area contributed by atoms with Crippen LogP contribution >= 0.6 is 11.9 Å². The molecule has 2 atom stereocenters. The first-order chi connectivity index (χ1) is 15.7. The van der Waals surface area contributed by atoms with Gasteiger partial charge in [0.25, 0.3) is 5.92 Å². The summed E-state index contributed by atoms with van der Waals surface area (Å²) in [6, 6.07) is 3.44. The summed E-state index contributed by atoms with van der Waals surface area (Å²) in [7, 11) is 1.93. The minimum atomic E-state index is -2.61. The van der Waals surface area contributed by atoms with Gasteiger partial charge in [-0.2, -0.15) is 4.98 Å². The van der Waals surface area contributed by atoms with E-state index in [0.717, 1.165) is 28.1 Å². The molecule has 2 aliphatic rings. The largest absolute Gasteiger partial charge is 0.489 e. The highest BCUT2D eigenvalue weighted by molar-refractivity contribution is 8.00. The van der Waals surface area contributed by atoms with Crippen molar-refractivity contribution in [3.63, 3.8) is 0 Å². The minimum Gasteiger partial charge on any atom is -0.489 e. The van der Waals surface area contributed by atoms with Gasteiger partial charge in [-0.05, 0) is 48.6 Å². The monoisotopic (exact) mass is 474 g/mol. The van der Waals surface area contributed by atoms with Gasteiger partial charge in [-0.1, -0.05) is 25.7 Å². The van der Waals surface area contributed by atoms with Gasteiger partial charge >= 0.3 is 0 Å². The van der Waals surface area contributed by atoms with E-state index in [1.54, 1.807) is 22.8 Å². The summed E-state index contributed by atoms with van der Waals surface area (Å²) in [5.74, 6) is -2.09. The number of anilines is 1. The molecule has 3 N–H and O–H groups in total. The fourth-order valence-corrected chi connectivity index (χ4v) is 3.80. The second kappa shape index (κ2) is 9.21. The number of pyridine rings is 1. The van der Waals surface area contributed by atoms with Gasteiger partial charge in [0.05, 0.1) is 18.6 Å². The minimum absolute atomic E-state index is 0.0255. The van der Waals surface area contributed by atoms with Gasteiger partial charge in [0, 0.05) is 31.4 Å². The molecule has 176 valence electrons. The van der Waals surface area contributed by atoms with E-state index >= 15 is 0 Å². The van der Waals surface area contributed by atoms with E-state index < -0.39 is 11.8 Å². The Hall–Kier alpha value is -2.81. The number of fused-ring (bicyclic) bond motifs is 1. The summed E-state index contributed by atoms with van der Waals surface area (Å²) in [6.45, 7) is 6.12. The van der Waals surface area contributed by atoms with Crippen molar-refractivity contribution < 1.29 is 13.5 Å². The predicted octanol–water partition coefficient (Wildman–Crippen LogP) is 4.58. The number of ether oxygens (including phenoxy) is 1. The number of hydrogen-bond acceptors (Lipinski definition) is 7. The number of nitrogens with zero attached hydrogens (tertiary/aromatic N) is 4. The zero-order valence-electron chi connectivity index (χ0n) is 19.0. The number of nitrogens with two attached hydrogens (primary N) is 1. The highest BCUT2D eigenvalue weighted by Gasteiger charge is 2.57. The number of nitrogens with one attached hydrogen (secondary N) is 1. The third kappa shape index (κ3) is 5.24. The van der Waals surface area contributed by atoms with Crippen LogP contribution in [0.3, 0.4) is 0 Å². The topological polar surface area (TPSA) is 80.7 Å². The number of halogens is 2. The molecule has 33 heavy (non-hydrogen) atoms. The van der Waals surface area contributed by atoms with Crippen molar-refractivity contribution in [2.75, 3.05) is 19.0 Å². The van der Waals surface area contributed by atoms with Crippen molar-refractivity contribution in [2.45, 2.75) is 39.2 Å². The Kier molecular flexibility index (Phi) is 6.52. The van der Waals surface area contributed by atoms with E-state index in [9.17, 15) is 8.78 Å². The fourth-order valence-electron chi connectivity index (χ4n) is 3.44. The molecule has 4 rings (SSSR count). The Morgan fingerprint density at radius 3 is 2.88 bits per heavy atom. The van der Waals surface area contributed by atoms with Gasteiger partial charge in [-0.25, -0.2) is 13.3 Å². The van der Waals surface area contributed by atoms with Crippen molar-refractivity contribution in [3.8, 4) is 5.75 Å². The molecule has 0 bridgehead atoms. The summed E-state index contributed by atoms with van der Waals surface area (Å²) in [5.41, 5.74) is 5.96. The zero-order valence-corrected chi connectivity index (χ0v) is 19.9. The lowest BCUT2D eigenvalue weighted by Gasteiger charge is -2.13. The molecule has 2 unspecified atom stereocenters. The zero-order chi connectivity index (χ0) is 23.8. The molecule has 2 aliphatic carbocycles. The van der Waals surface area contributed by atoms with Crippen molar-refractivity contribution in [3.05, 3.63) is 58.6 Å². The lowest BCUT2D eigenvalue weighted by atomic mass is 10.2. The molecule has 0 radical (unpaired) electrons. The van der Waals surface area contributed by atoms with Gasteiger partial charge in [0.15, 0.2) is 11.4 Å². The van der Waals surface area contributed by atoms with Crippen molar-refractivity contribution >= 4 is 23.5 Å². The van der Waals surface area contributed by atoms with Gasteiger partial charge in [0.1, 0.15) is 5.03 Å². The third-order valence-electron chi connectivity index (χ3n) is 5.48. The van der Waals surface area contributed by atoms with Crippen LogP contribution in [-0.4, -0.2) is 45.1 Å². The summed E-state index contributed by atoms with van der Waals surface area (Å²) in [4.78, 5) is 6.47. The normalized spacial score (nSPS) is 23.0. The summed E-state index contributed by atoms with van der Waals surface area (Å²) >= 11 is 1.15. The van der Waals surface area contributed by atoms with E-state index in [0.29, 0.717) is 23.3 Å². The van der Waals surface area contributed by atoms with E-state index in [1.165, 1.54) is 0 Å². The van der Waals surface area contributed by atoms with Crippen molar-refractivity contribution in [1.82, 2.24) is 19.5 Å². The summed E-state index contributed by atoms with van der Waals surface area (Å²) < 4.78 is 33.5. The van der Waals surface area contributed by atoms with Crippen LogP contribution in [0, 0.1) is 11.8 Å². The lowest BCUT2D eigenvalue weighted by Crippen LogP contribution is -2.10. The average Bonchev–Trinajstić information content (AvgIpc) is 3.52. The van der Waals surface area contributed by atoms with Gasteiger partial charge < -0.3 is 15.0 Å². The average molecular weight is 475 g/mol. The molecule has 2 aromatic heterocycles. The molecule has 10 heteroatoms. The SMILES string of the molecule is C/C=C1\C(=C/N(C)C(=C=CC(C)C)SN)C1Nc1nc2c(OCC3CC3(F)F)cccn2n1. The van der Waals surface area contributed by atoms with Crippen molar-refractivity contribution in [1.29, 1.82) is 0 Å². The molecule has 0 spiro atoms. The van der Waals surface area contributed by atoms with Crippen molar-refractivity contribution in [2.24, 2.45) is 17.0 Å². The van der Waals surface area contributed by atoms with Crippen LogP contribution in [-0.2, 0) is 0 Å². The first kappa shape index (κ1) is 23.4. The Morgan fingerprint density at radius 1 is 1.48 bits per heavy atom. The molecule has 0 saturated heterocycles. The van der Waals surface area contributed by atoms with Crippen LogP contribution in [0.1, 0.15) is 27.2 Å². The number of aromatic nitrogens is 3.